The summed E-state index contributed by atoms with van der Waals surface area (Å²) in [6.07, 6.45) is 2.96. The van der Waals surface area contributed by atoms with Crippen molar-refractivity contribution >= 4 is 33.8 Å². The van der Waals surface area contributed by atoms with Gasteiger partial charge in [-0.1, -0.05) is 66.2 Å². The summed E-state index contributed by atoms with van der Waals surface area (Å²) in [5, 5.41) is 2.79. The molecule has 5 aromatic rings. The summed E-state index contributed by atoms with van der Waals surface area (Å²) in [5.41, 5.74) is 4.88. The minimum Gasteiger partial charge on any atom is -0.338 e. The van der Waals surface area contributed by atoms with Crippen LogP contribution in [0.25, 0.3) is 16.2 Å². The van der Waals surface area contributed by atoms with Gasteiger partial charge >= 0.3 is 0 Å². The molecule has 0 aliphatic carbocycles. The molecule has 0 atom stereocenters. The molecule has 7 heteroatoms. The number of hydrogen-bond donors (Lipinski definition) is 0. The summed E-state index contributed by atoms with van der Waals surface area (Å²) in [6.45, 7) is 1.09. The van der Waals surface area contributed by atoms with Crippen LogP contribution in [0.5, 0.6) is 0 Å². The Bertz CT molecular complexity index is 1430. The summed E-state index contributed by atoms with van der Waals surface area (Å²) in [5.74, 6) is -0.290. The van der Waals surface area contributed by atoms with E-state index in [0.717, 1.165) is 33.0 Å². The number of nitrogens with zero attached hydrogens (tertiary/aromatic N) is 3. The van der Waals surface area contributed by atoms with Gasteiger partial charge < -0.3 is 4.90 Å². The summed E-state index contributed by atoms with van der Waals surface area (Å²) >= 11 is 7.61. The Morgan fingerprint density at radius 1 is 0.971 bits per heavy atom. The Morgan fingerprint density at radius 3 is 2.46 bits per heavy atom. The molecule has 35 heavy (non-hydrogen) atoms. The third-order valence-electron chi connectivity index (χ3n) is 5.90. The Labute approximate surface area is 212 Å². The van der Waals surface area contributed by atoms with E-state index in [1.165, 1.54) is 12.1 Å². The molecule has 0 aliphatic rings. The fraction of sp³-hybridized carbons (Fsp3) is 0.143. The highest BCUT2D eigenvalue weighted by Gasteiger charge is 2.17. The number of hydrogen-bond acceptors (Lipinski definition) is 3. The predicted octanol–water partition coefficient (Wildman–Crippen LogP) is 6.67. The molecule has 0 bridgehead atoms. The summed E-state index contributed by atoms with van der Waals surface area (Å²) in [6, 6.07) is 23.7. The van der Waals surface area contributed by atoms with Gasteiger partial charge in [-0.2, -0.15) is 0 Å². The quantitative estimate of drug-likeness (QED) is 0.237. The van der Waals surface area contributed by atoms with Crippen molar-refractivity contribution < 1.29 is 9.18 Å². The molecule has 176 valence electrons. The molecule has 4 nitrogen and oxygen atoms in total. The molecule has 2 aromatic heterocycles. The Hall–Kier alpha value is -3.48. The molecule has 0 N–H and O–H groups in total. The molecule has 5 rings (SSSR count). The number of rotatable bonds is 8. The Kier molecular flexibility index (Phi) is 6.93. The first-order valence-corrected chi connectivity index (χ1v) is 12.6. The molecule has 0 fully saturated rings. The number of carbonyl (C=O) groups excluding carboxylic acids is 1. The SMILES string of the molecule is O=C(Cc1ccc(F)cc1)N(CCc1csc2nc(-c3ccc(Cl)cc3)cn12)Cc1ccccc1. The van der Waals surface area contributed by atoms with Crippen LogP contribution in [-0.2, 0) is 24.2 Å². The van der Waals surface area contributed by atoms with Crippen molar-refractivity contribution in [1.82, 2.24) is 14.3 Å². The predicted molar refractivity (Wildman–Crippen MR) is 139 cm³/mol. The van der Waals surface area contributed by atoms with Crippen LogP contribution in [0.1, 0.15) is 16.8 Å². The second-order valence-corrected chi connectivity index (χ2v) is 9.64. The van der Waals surface area contributed by atoms with Gasteiger partial charge in [0.1, 0.15) is 5.82 Å². The molecule has 0 aliphatic heterocycles. The largest absolute Gasteiger partial charge is 0.338 e. The van der Waals surface area contributed by atoms with E-state index in [0.29, 0.717) is 24.5 Å². The van der Waals surface area contributed by atoms with Crippen molar-refractivity contribution in [2.45, 2.75) is 19.4 Å². The zero-order valence-corrected chi connectivity index (χ0v) is 20.5. The number of thiazole rings is 1. The van der Waals surface area contributed by atoms with Crippen LogP contribution < -0.4 is 0 Å². The average Bonchev–Trinajstić information content (AvgIpc) is 3.46. The topological polar surface area (TPSA) is 37.6 Å². The number of imidazole rings is 1. The molecule has 2 heterocycles. The summed E-state index contributed by atoms with van der Waals surface area (Å²) in [7, 11) is 0. The maximum absolute atomic E-state index is 13.3. The van der Waals surface area contributed by atoms with Crippen LogP contribution in [0, 0.1) is 5.82 Å². The van der Waals surface area contributed by atoms with Gasteiger partial charge in [0.2, 0.25) is 5.91 Å². The Balaban J connectivity index is 1.34. The van der Waals surface area contributed by atoms with Crippen molar-refractivity contribution in [1.29, 1.82) is 0 Å². The van der Waals surface area contributed by atoms with Crippen LogP contribution in [0.3, 0.4) is 0 Å². The van der Waals surface area contributed by atoms with E-state index in [9.17, 15) is 9.18 Å². The molecule has 0 unspecified atom stereocenters. The van der Waals surface area contributed by atoms with Crippen LogP contribution in [0.15, 0.2) is 90.4 Å². The third-order valence-corrected chi connectivity index (χ3v) is 7.04. The van der Waals surface area contributed by atoms with Gasteiger partial charge in [0.25, 0.3) is 0 Å². The summed E-state index contributed by atoms with van der Waals surface area (Å²) in [4.78, 5) is 20.8. The fourth-order valence-electron chi connectivity index (χ4n) is 4.00. The highest BCUT2D eigenvalue weighted by molar-refractivity contribution is 7.15. The average molecular weight is 504 g/mol. The molecule has 0 radical (unpaired) electrons. The van der Waals surface area contributed by atoms with Gasteiger partial charge in [-0.3, -0.25) is 9.20 Å². The molecule has 0 spiro atoms. The maximum Gasteiger partial charge on any atom is 0.227 e. The van der Waals surface area contributed by atoms with Crippen molar-refractivity contribution in [3.05, 3.63) is 118 Å². The summed E-state index contributed by atoms with van der Waals surface area (Å²) < 4.78 is 15.4. The van der Waals surface area contributed by atoms with Gasteiger partial charge in [-0.15, -0.1) is 11.3 Å². The number of halogens is 2. The standard InChI is InChI=1S/C28H23ClFN3OS/c29-23-10-8-22(9-11-23)26-18-33-25(19-35-28(33)31-26)14-15-32(17-21-4-2-1-3-5-21)27(34)16-20-6-12-24(30)13-7-20/h1-13,18-19H,14-17H2. The van der Waals surface area contributed by atoms with E-state index in [1.807, 2.05) is 65.7 Å². The first-order chi connectivity index (χ1) is 17.0. The zero-order valence-electron chi connectivity index (χ0n) is 18.9. The number of carbonyl (C=O) groups is 1. The lowest BCUT2D eigenvalue weighted by Crippen LogP contribution is -2.33. The van der Waals surface area contributed by atoms with E-state index in [4.69, 9.17) is 16.6 Å². The van der Waals surface area contributed by atoms with Crippen molar-refractivity contribution in [3.63, 3.8) is 0 Å². The maximum atomic E-state index is 13.3. The van der Waals surface area contributed by atoms with Crippen LogP contribution in [0.4, 0.5) is 4.39 Å². The Morgan fingerprint density at radius 2 is 1.71 bits per heavy atom. The molecular weight excluding hydrogens is 481 g/mol. The van der Waals surface area contributed by atoms with E-state index >= 15 is 0 Å². The van der Waals surface area contributed by atoms with Gasteiger partial charge in [0.15, 0.2) is 4.96 Å². The fourth-order valence-corrected chi connectivity index (χ4v) is 5.04. The first-order valence-electron chi connectivity index (χ1n) is 11.3. The van der Waals surface area contributed by atoms with Crippen LogP contribution >= 0.6 is 22.9 Å². The van der Waals surface area contributed by atoms with Gasteiger partial charge in [-0.25, -0.2) is 9.37 Å². The minimum absolute atomic E-state index is 0.0134. The first kappa shape index (κ1) is 23.3. The van der Waals surface area contributed by atoms with Gasteiger partial charge in [0, 0.05) is 47.4 Å². The number of amides is 1. The van der Waals surface area contributed by atoms with Crippen molar-refractivity contribution in [2.75, 3.05) is 6.54 Å². The lowest BCUT2D eigenvalue weighted by Gasteiger charge is -2.23. The van der Waals surface area contributed by atoms with Crippen molar-refractivity contribution in [2.24, 2.45) is 0 Å². The molecular formula is C28H23ClFN3OS. The van der Waals surface area contributed by atoms with Crippen LogP contribution in [0.2, 0.25) is 5.02 Å². The molecule has 1 amide bonds. The van der Waals surface area contributed by atoms with E-state index in [-0.39, 0.29) is 18.1 Å². The molecule has 0 saturated heterocycles. The van der Waals surface area contributed by atoms with Gasteiger partial charge in [-0.05, 0) is 35.4 Å². The third kappa shape index (κ3) is 5.61. The van der Waals surface area contributed by atoms with Crippen LogP contribution in [-0.4, -0.2) is 26.7 Å². The number of aromatic nitrogens is 2. The molecule has 0 saturated carbocycles. The van der Waals surface area contributed by atoms with E-state index in [1.54, 1.807) is 23.5 Å². The minimum atomic E-state index is -0.304. The highest BCUT2D eigenvalue weighted by Crippen LogP contribution is 2.25. The lowest BCUT2D eigenvalue weighted by molar-refractivity contribution is -0.131. The normalized spacial score (nSPS) is 11.1. The van der Waals surface area contributed by atoms with Gasteiger partial charge in [0.05, 0.1) is 12.1 Å². The smallest absolute Gasteiger partial charge is 0.227 e. The molecule has 3 aromatic carbocycles. The number of fused-ring (bicyclic) bond motifs is 1. The monoisotopic (exact) mass is 503 g/mol. The second kappa shape index (κ2) is 10.4. The van der Waals surface area contributed by atoms with E-state index in [2.05, 4.69) is 9.78 Å². The zero-order chi connectivity index (χ0) is 24.2. The van der Waals surface area contributed by atoms with E-state index < -0.39 is 0 Å². The lowest BCUT2D eigenvalue weighted by atomic mass is 10.1. The van der Waals surface area contributed by atoms with Crippen molar-refractivity contribution in [3.8, 4) is 11.3 Å². The highest BCUT2D eigenvalue weighted by atomic mass is 35.5. The number of benzene rings is 3. The second-order valence-electron chi connectivity index (χ2n) is 8.37.